The van der Waals surface area contributed by atoms with Crippen molar-refractivity contribution in [2.75, 3.05) is 20.3 Å². The molecule has 0 spiro atoms. The third kappa shape index (κ3) is 4.65. The molecule has 2 aromatic rings. The molecular formula is C19H20ClNO4. The number of carbonyl (C=O) groups excluding carboxylic acids is 1. The lowest BCUT2D eigenvalue weighted by atomic mass is 10.1. The molecule has 0 saturated heterocycles. The fourth-order valence-corrected chi connectivity index (χ4v) is 2.85. The van der Waals surface area contributed by atoms with Crippen LogP contribution < -0.4 is 14.8 Å². The number of benzene rings is 2. The van der Waals surface area contributed by atoms with Gasteiger partial charge in [-0.2, -0.15) is 0 Å². The van der Waals surface area contributed by atoms with Crippen LogP contribution in [0, 0.1) is 0 Å². The van der Waals surface area contributed by atoms with E-state index in [-0.39, 0.29) is 5.91 Å². The summed E-state index contributed by atoms with van der Waals surface area (Å²) < 4.78 is 16.2. The number of halogens is 1. The van der Waals surface area contributed by atoms with Crippen LogP contribution >= 0.6 is 11.6 Å². The van der Waals surface area contributed by atoms with Crippen LogP contribution in [0.1, 0.15) is 11.1 Å². The first-order valence-corrected chi connectivity index (χ1v) is 8.47. The highest BCUT2D eigenvalue weighted by Gasteiger charge is 2.28. The Balaban J connectivity index is 1.52. The van der Waals surface area contributed by atoms with E-state index in [4.69, 9.17) is 25.8 Å². The highest BCUT2D eigenvalue weighted by atomic mass is 35.5. The third-order valence-electron chi connectivity index (χ3n) is 3.91. The minimum atomic E-state index is -0.519. The Morgan fingerprint density at radius 3 is 3.00 bits per heavy atom. The molecule has 0 saturated carbocycles. The molecule has 0 bridgehead atoms. The zero-order valence-corrected chi connectivity index (χ0v) is 14.7. The van der Waals surface area contributed by atoms with E-state index >= 15 is 0 Å². The maximum absolute atomic E-state index is 12.4. The van der Waals surface area contributed by atoms with Crippen molar-refractivity contribution in [1.29, 1.82) is 0 Å². The molecule has 5 nitrogen and oxygen atoms in total. The normalized spacial score (nSPS) is 15.4. The Bertz CT molecular complexity index is 750. The highest BCUT2D eigenvalue weighted by molar-refractivity contribution is 6.30. The average molecular weight is 362 g/mol. The van der Waals surface area contributed by atoms with Gasteiger partial charge in [-0.15, -0.1) is 0 Å². The molecule has 1 amide bonds. The summed E-state index contributed by atoms with van der Waals surface area (Å²) >= 11 is 5.98. The molecule has 132 valence electrons. The number of amides is 1. The summed E-state index contributed by atoms with van der Waals surface area (Å²) in [5.41, 5.74) is 1.92. The molecule has 0 aromatic heterocycles. The van der Waals surface area contributed by atoms with Gasteiger partial charge >= 0.3 is 0 Å². The summed E-state index contributed by atoms with van der Waals surface area (Å²) in [4.78, 5) is 12.4. The number of ether oxygens (including phenoxy) is 3. The van der Waals surface area contributed by atoms with Gasteiger partial charge in [-0.25, -0.2) is 0 Å². The van der Waals surface area contributed by atoms with Gasteiger partial charge in [-0.3, -0.25) is 4.79 Å². The van der Waals surface area contributed by atoms with Crippen molar-refractivity contribution in [2.24, 2.45) is 0 Å². The summed E-state index contributed by atoms with van der Waals surface area (Å²) in [5, 5.41) is 3.55. The van der Waals surface area contributed by atoms with Crippen LogP contribution in [-0.4, -0.2) is 32.3 Å². The molecule has 3 rings (SSSR count). The molecule has 1 aliphatic rings. The molecule has 1 unspecified atom stereocenters. The third-order valence-corrected chi connectivity index (χ3v) is 4.15. The standard InChI is InChI=1S/C19H20ClNO4/c1-23-7-8-24-16-4-2-3-13(9-16)12-21-19(22)18-11-14-10-15(20)5-6-17(14)25-18/h2-6,9-10,18H,7-8,11-12H2,1H3,(H,21,22). The van der Waals surface area contributed by atoms with Crippen LogP contribution in [0.2, 0.25) is 5.02 Å². The minimum absolute atomic E-state index is 0.141. The monoisotopic (exact) mass is 361 g/mol. The first kappa shape index (κ1) is 17.6. The van der Waals surface area contributed by atoms with Crippen LogP contribution in [-0.2, 0) is 22.5 Å². The molecule has 1 atom stereocenters. The molecule has 0 radical (unpaired) electrons. The average Bonchev–Trinajstić information content (AvgIpc) is 3.03. The van der Waals surface area contributed by atoms with E-state index in [9.17, 15) is 4.79 Å². The van der Waals surface area contributed by atoms with E-state index in [1.807, 2.05) is 30.3 Å². The topological polar surface area (TPSA) is 56.8 Å². The van der Waals surface area contributed by atoms with Gasteiger partial charge in [0.25, 0.3) is 5.91 Å². The number of fused-ring (bicyclic) bond motifs is 1. The predicted octanol–water partition coefficient (Wildman–Crippen LogP) is 2.99. The van der Waals surface area contributed by atoms with Crippen molar-refractivity contribution in [1.82, 2.24) is 5.32 Å². The maximum atomic E-state index is 12.4. The smallest absolute Gasteiger partial charge is 0.261 e. The van der Waals surface area contributed by atoms with Crippen molar-refractivity contribution in [3.8, 4) is 11.5 Å². The summed E-state index contributed by atoms with van der Waals surface area (Å²) in [6, 6.07) is 13.0. The van der Waals surface area contributed by atoms with Gasteiger partial charge in [0.2, 0.25) is 0 Å². The fraction of sp³-hybridized carbons (Fsp3) is 0.316. The summed E-state index contributed by atoms with van der Waals surface area (Å²) in [6.07, 6.45) is 0.0108. The number of nitrogens with one attached hydrogen (secondary N) is 1. The van der Waals surface area contributed by atoms with Crippen LogP contribution in [0.25, 0.3) is 0 Å². The van der Waals surface area contributed by atoms with Gasteiger partial charge in [0.15, 0.2) is 6.10 Å². The summed E-state index contributed by atoms with van der Waals surface area (Å²) in [5.74, 6) is 1.33. The Hall–Kier alpha value is -2.24. The Morgan fingerprint density at radius 1 is 1.28 bits per heavy atom. The second-order valence-corrected chi connectivity index (χ2v) is 6.21. The molecule has 0 aliphatic carbocycles. The minimum Gasteiger partial charge on any atom is -0.491 e. The molecular weight excluding hydrogens is 342 g/mol. The van der Waals surface area contributed by atoms with Gasteiger partial charge in [-0.05, 0) is 41.5 Å². The van der Waals surface area contributed by atoms with Crippen LogP contribution in [0.4, 0.5) is 0 Å². The van der Waals surface area contributed by atoms with E-state index in [0.717, 1.165) is 22.6 Å². The summed E-state index contributed by atoms with van der Waals surface area (Å²) in [7, 11) is 1.63. The number of rotatable bonds is 7. The molecule has 0 fully saturated rings. The van der Waals surface area contributed by atoms with Crippen molar-refractivity contribution >= 4 is 17.5 Å². The maximum Gasteiger partial charge on any atom is 0.261 e. The Kier molecular flexibility index (Phi) is 5.79. The van der Waals surface area contributed by atoms with E-state index in [2.05, 4.69) is 5.32 Å². The fourth-order valence-electron chi connectivity index (χ4n) is 2.65. The largest absolute Gasteiger partial charge is 0.491 e. The number of hydrogen-bond acceptors (Lipinski definition) is 4. The number of carbonyl (C=O) groups is 1. The first-order valence-electron chi connectivity index (χ1n) is 8.09. The highest BCUT2D eigenvalue weighted by Crippen LogP contribution is 2.31. The van der Waals surface area contributed by atoms with E-state index in [1.165, 1.54) is 0 Å². The van der Waals surface area contributed by atoms with E-state index in [1.54, 1.807) is 19.2 Å². The molecule has 2 aromatic carbocycles. The molecule has 25 heavy (non-hydrogen) atoms. The molecule has 1 heterocycles. The lowest BCUT2D eigenvalue weighted by Crippen LogP contribution is -2.37. The van der Waals surface area contributed by atoms with Gasteiger partial charge < -0.3 is 19.5 Å². The molecule has 1 N–H and O–H groups in total. The zero-order valence-electron chi connectivity index (χ0n) is 14.0. The first-order chi connectivity index (χ1) is 12.2. The number of hydrogen-bond donors (Lipinski definition) is 1. The Labute approximate surface area is 151 Å². The van der Waals surface area contributed by atoms with Crippen LogP contribution in [0.5, 0.6) is 11.5 Å². The molecule has 6 heteroatoms. The Morgan fingerprint density at radius 2 is 2.16 bits per heavy atom. The number of methoxy groups -OCH3 is 1. The van der Waals surface area contributed by atoms with Crippen molar-refractivity contribution in [2.45, 2.75) is 19.1 Å². The van der Waals surface area contributed by atoms with Crippen molar-refractivity contribution in [3.63, 3.8) is 0 Å². The van der Waals surface area contributed by atoms with E-state index < -0.39 is 6.10 Å². The second kappa shape index (κ2) is 8.23. The second-order valence-electron chi connectivity index (χ2n) is 5.77. The van der Waals surface area contributed by atoms with Gasteiger partial charge in [-0.1, -0.05) is 23.7 Å². The summed E-state index contributed by atoms with van der Waals surface area (Å²) in [6.45, 7) is 1.44. The van der Waals surface area contributed by atoms with Gasteiger partial charge in [0, 0.05) is 25.1 Å². The van der Waals surface area contributed by atoms with Gasteiger partial charge in [0.1, 0.15) is 18.1 Å². The molecule has 1 aliphatic heterocycles. The van der Waals surface area contributed by atoms with Gasteiger partial charge in [0.05, 0.1) is 6.61 Å². The van der Waals surface area contributed by atoms with Crippen molar-refractivity contribution in [3.05, 3.63) is 58.6 Å². The van der Waals surface area contributed by atoms with Crippen LogP contribution in [0.15, 0.2) is 42.5 Å². The zero-order chi connectivity index (χ0) is 17.6. The van der Waals surface area contributed by atoms with E-state index in [0.29, 0.717) is 31.2 Å². The lowest BCUT2D eigenvalue weighted by Gasteiger charge is -2.12. The quantitative estimate of drug-likeness (QED) is 0.770. The SMILES string of the molecule is COCCOc1cccc(CNC(=O)C2Cc3cc(Cl)ccc3O2)c1. The van der Waals surface area contributed by atoms with Crippen molar-refractivity contribution < 1.29 is 19.0 Å². The lowest BCUT2D eigenvalue weighted by molar-refractivity contribution is -0.127. The van der Waals surface area contributed by atoms with Crippen LogP contribution in [0.3, 0.4) is 0 Å². The predicted molar refractivity (Wildman–Crippen MR) is 95.2 cm³/mol.